The van der Waals surface area contributed by atoms with E-state index < -0.39 is 12.2 Å². The van der Waals surface area contributed by atoms with Crippen molar-refractivity contribution in [3.05, 3.63) is 71.8 Å². The van der Waals surface area contributed by atoms with Gasteiger partial charge in [0.05, 0.1) is 0 Å². The predicted molar refractivity (Wildman–Crippen MR) is 114 cm³/mol. The highest BCUT2D eigenvalue weighted by molar-refractivity contribution is 5.67. The number of carbonyl (C=O) groups is 2. The maximum absolute atomic E-state index is 12.3. The molecule has 2 aromatic carbocycles. The molecule has 2 N–H and O–H groups in total. The van der Waals surface area contributed by atoms with Crippen molar-refractivity contribution in [3.8, 4) is 0 Å². The molecule has 0 radical (unpaired) electrons. The molecule has 0 aliphatic rings. The summed E-state index contributed by atoms with van der Waals surface area (Å²) < 4.78 is 10.5. The third kappa shape index (κ3) is 9.43. The molecule has 0 bridgehead atoms. The van der Waals surface area contributed by atoms with Crippen LogP contribution in [-0.2, 0) is 22.7 Å². The van der Waals surface area contributed by atoms with Crippen molar-refractivity contribution in [2.45, 2.75) is 32.5 Å². The molecule has 162 valence electrons. The SMILES string of the molecule is O=C(NCCCCN(CCCO)C(=O)OCc1ccccc1)OCc1ccccc1. The molecule has 0 spiro atoms. The van der Waals surface area contributed by atoms with Crippen LogP contribution >= 0.6 is 0 Å². The van der Waals surface area contributed by atoms with Gasteiger partial charge in [-0.25, -0.2) is 9.59 Å². The van der Waals surface area contributed by atoms with Gasteiger partial charge >= 0.3 is 12.2 Å². The van der Waals surface area contributed by atoms with Crippen molar-refractivity contribution in [2.75, 3.05) is 26.2 Å². The fourth-order valence-corrected chi connectivity index (χ4v) is 2.76. The van der Waals surface area contributed by atoms with Crippen molar-refractivity contribution in [3.63, 3.8) is 0 Å². The minimum Gasteiger partial charge on any atom is -0.445 e. The molecule has 0 aromatic heterocycles. The summed E-state index contributed by atoms with van der Waals surface area (Å²) in [6, 6.07) is 19.0. The largest absolute Gasteiger partial charge is 0.445 e. The number of ether oxygens (including phenoxy) is 2. The van der Waals surface area contributed by atoms with Crippen LogP contribution < -0.4 is 5.32 Å². The van der Waals surface area contributed by atoms with Crippen molar-refractivity contribution >= 4 is 12.2 Å². The first-order chi connectivity index (χ1) is 14.7. The van der Waals surface area contributed by atoms with Crippen molar-refractivity contribution < 1.29 is 24.2 Å². The normalized spacial score (nSPS) is 10.3. The molecule has 7 heteroatoms. The van der Waals surface area contributed by atoms with Gasteiger partial charge in [-0.3, -0.25) is 0 Å². The molecular weight excluding hydrogens is 384 g/mol. The Labute approximate surface area is 177 Å². The molecule has 0 atom stereocenters. The lowest BCUT2D eigenvalue weighted by atomic mass is 10.2. The molecule has 7 nitrogen and oxygen atoms in total. The Bertz CT molecular complexity index is 740. The maximum Gasteiger partial charge on any atom is 0.410 e. The van der Waals surface area contributed by atoms with Gasteiger partial charge < -0.3 is 24.8 Å². The molecule has 2 aromatic rings. The maximum atomic E-state index is 12.3. The molecule has 0 aliphatic carbocycles. The number of benzene rings is 2. The number of carbonyl (C=O) groups excluding carboxylic acids is 2. The number of hydrogen-bond acceptors (Lipinski definition) is 5. The van der Waals surface area contributed by atoms with Gasteiger partial charge in [0.2, 0.25) is 0 Å². The summed E-state index contributed by atoms with van der Waals surface area (Å²) in [5, 5.41) is 11.8. The first-order valence-electron chi connectivity index (χ1n) is 10.2. The standard InChI is InChI=1S/C23H30N2O5/c26-17-9-16-25(23(28)30-19-21-12-5-2-6-13-21)15-8-7-14-24-22(27)29-18-20-10-3-1-4-11-20/h1-6,10-13,26H,7-9,14-19H2,(H,24,27). The van der Waals surface area contributed by atoms with Crippen molar-refractivity contribution in [1.82, 2.24) is 10.2 Å². The first-order valence-corrected chi connectivity index (χ1v) is 10.2. The van der Waals surface area contributed by atoms with E-state index in [2.05, 4.69) is 5.32 Å². The minimum absolute atomic E-state index is 0.0112. The van der Waals surface area contributed by atoms with Crippen LogP contribution in [0.4, 0.5) is 9.59 Å². The Morgan fingerprint density at radius 3 is 1.97 bits per heavy atom. The topological polar surface area (TPSA) is 88.1 Å². The fraction of sp³-hybridized carbons (Fsp3) is 0.391. The Morgan fingerprint density at radius 2 is 1.37 bits per heavy atom. The van der Waals surface area contributed by atoms with Crippen LogP contribution in [0.15, 0.2) is 60.7 Å². The van der Waals surface area contributed by atoms with Gasteiger partial charge in [0.25, 0.3) is 0 Å². The minimum atomic E-state index is -0.460. The van der Waals surface area contributed by atoms with Gasteiger partial charge in [-0.1, -0.05) is 60.7 Å². The van der Waals surface area contributed by atoms with E-state index in [4.69, 9.17) is 14.6 Å². The third-order valence-corrected chi connectivity index (χ3v) is 4.39. The number of nitrogens with zero attached hydrogens (tertiary/aromatic N) is 1. The van der Waals surface area contributed by atoms with E-state index >= 15 is 0 Å². The van der Waals surface area contributed by atoms with Crippen LogP contribution in [0.25, 0.3) is 0 Å². The van der Waals surface area contributed by atoms with Crippen molar-refractivity contribution in [2.24, 2.45) is 0 Å². The molecule has 0 fully saturated rings. The highest BCUT2D eigenvalue weighted by Crippen LogP contribution is 2.06. The first kappa shape index (κ1) is 23.2. The second-order valence-electron chi connectivity index (χ2n) is 6.80. The van der Waals surface area contributed by atoms with Gasteiger partial charge in [-0.05, 0) is 30.4 Å². The highest BCUT2D eigenvalue weighted by atomic mass is 16.6. The molecule has 0 heterocycles. The van der Waals surface area contributed by atoms with E-state index in [1.165, 1.54) is 0 Å². The zero-order chi connectivity index (χ0) is 21.4. The van der Waals surface area contributed by atoms with Gasteiger partial charge in [-0.15, -0.1) is 0 Å². The van der Waals surface area contributed by atoms with Crippen LogP contribution in [0.2, 0.25) is 0 Å². The Balaban J connectivity index is 1.63. The zero-order valence-electron chi connectivity index (χ0n) is 17.2. The summed E-state index contributed by atoms with van der Waals surface area (Å²) in [5.41, 5.74) is 1.85. The van der Waals surface area contributed by atoms with E-state index in [9.17, 15) is 9.59 Å². The Morgan fingerprint density at radius 1 is 0.800 bits per heavy atom. The van der Waals surface area contributed by atoms with Gasteiger partial charge in [0.1, 0.15) is 13.2 Å². The van der Waals surface area contributed by atoms with Crippen LogP contribution in [-0.4, -0.2) is 48.4 Å². The molecular formula is C23H30N2O5. The Hall–Kier alpha value is -3.06. The van der Waals surface area contributed by atoms with Gasteiger partial charge in [0, 0.05) is 26.2 Å². The monoisotopic (exact) mass is 414 g/mol. The number of nitrogens with one attached hydrogen (secondary N) is 1. The fourth-order valence-electron chi connectivity index (χ4n) is 2.76. The summed E-state index contributed by atoms with van der Waals surface area (Å²) >= 11 is 0. The molecule has 0 unspecified atom stereocenters. The second-order valence-corrected chi connectivity index (χ2v) is 6.80. The quantitative estimate of drug-likeness (QED) is 0.517. The molecule has 2 rings (SSSR count). The van der Waals surface area contributed by atoms with Gasteiger partial charge in [0.15, 0.2) is 0 Å². The van der Waals surface area contributed by atoms with E-state index in [0.29, 0.717) is 38.9 Å². The lowest BCUT2D eigenvalue weighted by Crippen LogP contribution is -2.34. The number of amides is 2. The number of alkyl carbamates (subject to hydrolysis) is 1. The van der Waals surface area contributed by atoms with E-state index in [1.807, 2.05) is 60.7 Å². The van der Waals surface area contributed by atoms with E-state index in [-0.39, 0.29) is 19.8 Å². The summed E-state index contributed by atoms with van der Waals surface area (Å²) in [5.74, 6) is 0. The summed E-state index contributed by atoms with van der Waals surface area (Å²) in [4.78, 5) is 25.7. The number of aliphatic hydroxyl groups excluding tert-OH is 1. The summed E-state index contributed by atoms with van der Waals surface area (Å²) in [6.07, 6.45) is 1.03. The third-order valence-electron chi connectivity index (χ3n) is 4.39. The lowest BCUT2D eigenvalue weighted by Gasteiger charge is -2.22. The predicted octanol–water partition coefficient (Wildman–Crippen LogP) is 3.71. The average Bonchev–Trinajstić information content (AvgIpc) is 2.79. The van der Waals surface area contributed by atoms with Crippen LogP contribution in [0.3, 0.4) is 0 Å². The molecule has 0 saturated heterocycles. The van der Waals surface area contributed by atoms with Crippen LogP contribution in [0.1, 0.15) is 30.4 Å². The summed E-state index contributed by atoms with van der Waals surface area (Å²) in [7, 11) is 0. The van der Waals surface area contributed by atoms with Crippen molar-refractivity contribution in [1.29, 1.82) is 0 Å². The average molecular weight is 415 g/mol. The summed E-state index contributed by atoms with van der Waals surface area (Å²) in [6.45, 7) is 1.84. The number of rotatable bonds is 12. The molecule has 0 saturated carbocycles. The molecule has 0 aliphatic heterocycles. The lowest BCUT2D eigenvalue weighted by molar-refractivity contribution is 0.0927. The van der Waals surface area contributed by atoms with Crippen LogP contribution in [0, 0.1) is 0 Å². The smallest absolute Gasteiger partial charge is 0.410 e. The molecule has 30 heavy (non-hydrogen) atoms. The molecule has 2 amide bonds. The zero-order valence-corrected chi connectivity index (χ0v) is 17.2. The van der Waals surface area contributed by atoms with Gasteiger partial charge in [-0.2, -0.15) is 0 Å². The highest BCUT2D eigenvalue weighted by Gasteiger charge is 2.14. The number of hydrogen-bond donors (Lipinski definition) is 2. The number of unbranched alkanes of at least 4 members (excludes halogenated alkanes) is 1. The Kier molecular flexibility index (Phi) is 10.8. The van der Waals surface area contributed by atoms with Crippen LogP contribution in [0.5, 0.6) is 0 Å². The second kappa shape index (κ2) is 14.0. The van der Waals surface area contributed by atoms with E-state index in [1.54, 1.807) is 4.90 Å². The van der Waals surface area contributed by atoms with E-state index in [0.717, 1.165) is 11.1 Å². The number of aliphatic hydroxyl groups is 1.